The summed E-state index contributed by atoms with van der Waals surface area (Å²) in [6, 6.07) is 10.7. The highest BCUT2D eigenvalue weighted by atomic mass is 16.5. The number of hydrogen-bond donors (Lipinski definition) is 1. The molecule has 1 aliphatic heterocycles. The van der Waals surface area contributed by atoms with Gasteiger partial charge in [-0.15, -0.1) is 0 Å². The summed E-state index contributed by atoms with van der Waals surface area (Å²) in [6.07, 6.45) is 2.59. The number of aromatic nitrogens is 2. The van der Waals surface area contributed by atoms with Crippen molar-refractivity contribution in [3.63, 3.8) is 0 Å². The Bertz CT molecular complexity index is 638. The van der Waals surface area contributed by atoms with Crippen LogP contribution in [0.15, 0.2) is 36.7 Å². The average Bonchev–Trinajstić information content (AvgIpc) is 2.63. The fourth-order valence-electron chi connectivity index (χ4n) is 2.70. The molecule has 6 heteroatoms. The maximum Gasteiger partial charge on any atom is 0.134 e. The van der Waals surface area contributed by atoms with Crippen LogP contribution in [0.4, 0.5) is 17.3 Å². The van der Waals surface area contributed by atoms with Gasteiger partial charge in [0.1, 0.15) is 18.0 Å². The van der Waals surface area contributed by atoms with Crippen LogP contribution in [-0.2, 0) is 11.2 Å². The lowest BCUT2D eigenvalue weighted by molar-refractivity contribution is 0.122. The molecule has 0 radical (unpaired) electrons. The maximum atomic E-state index is 5.38. The molecule has 0 atom stereocenters. The molecule has 0 amide bonds. The minimum Gasteiger partial charge on any atom is -0.378 e. The van der Waals surface area contributed by atoms with Crippen LogP contribution in [-0.4, -0.2) is 56.9 Å². The van der Waals surface area contributed by atoms with Crippen molar-refractivity contribution >= 4 is 17.3 Å². The van der Waals surface area contributed by atoms with Crippen LogP contribution >= 0.6 is 0 Å². The predicted molar refractivity (Wildman–Crippen MR) is 98.0 cm³/mol. The van der Waals surface area contributed by atoms with Gasteiger partial charge in [0.25, 0.3) is 0 Å². The van der Waals surface area contributed by atoms with Crippen molar-refractivity contribution in [3.8, 4) is 0 Å². The molecule has 1 saturated heterocycles. The third kappa shape index (κ3) is 4.35. The van der Waals surface area contributed by atoms with E-state index in [1.807, 2.05) is 6.07 Å². The molecule has 24 heavy (non-hydrogen) atoms. The molecular formula is C18H25N5O. The van der Waals surface area contributed by atoms with Crippen LogP contribution in [0.5, 0.6) is 0 Å². The van der Waals surface area contributed by atoms with E-state index in [1.165, 1.54) is 11.3 Å². The minimum absolute atomic E-state index is 0.760. The first-order valence-electron chi connectivity index (χ1n) is 8.37. The van der Waals surface area contributed by atoms with Crippen molar-refractivity contribution in [1.82, 2.24) is 9.97 Å². The Morgan fingerprint density at radius 1 is 1.12 bits per heavy atom. The first-order chi connectivity index (χ1) is 11.7. The lowest BCUT2D eigenvalue weighted by Gasteiger charge is -2.27. The van der Waals surface area contributed by atoms with Crippen LogP contribution in [0.25, 0.3) is 0 Å². The maximum absolute atomic E-state index is 5.38. The van der Waals surface area contributed by atoms with Gasteiger partial charge in [-0.2, -0.15) is 0 Å². The summed E-state index contributed by atoms with van der Waals surface area (Å²) in [7, 11) is 4.11. The molecule has 0 unspecified atom stereocenters. The van der Waals surface area contributed by atoms with E-state index in [0.29, 0.717) is 0 Å². The van der Waals surface area contributed by atoms with E-state index in [2.05, 4.69) is 63.4 Å². The van der Waals surface area contributed by atoms with Gasteiger partial charge in [0.2, 0.25) is 0 Å². The predicted octanol–water partition coefficient (Wildman–Crippen LogP) is 2.03. The number of nitrogens with zero attached hydrogens (tertiary/aromatic N) is 4. The second-order valence-corrected chi connectivity index (χ2v) is 6.10. The monoisotopic (exact) mass is 327 g/mol. The lowest BCUT2D eigenvalue weighted by Crippen LogP contribution is -2.36. The molecule has 3 rings (SSSR count). The summed E-state index contributed by atoms with van der Waals surface area (Å²) >= 11 is 0. The van der Waals surface area contributed by atoms with Crippen molar-refractivity contribution < 1.29 is 4.74 Å². The van der Waals surface area contributed by atoms with Crippen LogP contribution < -0.4 is 15.1 Å². The Morgan fingerprint density at radius 3 is 2.58 bits per heavy atom. The zero-order chi connectivity index (χ0) is 16.8. The Balaban J connectivity index is 1.52. The number of nitrogens with one attached hydrogen (secondary N) is 1. The van der Waals surface area contributed by atoms with Crippen LogP contribution in [0, 0.1) is 0 Å². The van der Waals surface area contributed by atoms with Crippen LogP contribution in [0.3, 0.4) is 0 Å². The van der Waals surface area contributed by atoms with Crippen molar-refractivity contribution in [1.29, 1.82) is 0 Å². The summed E-state index contributed by atoms with van der Waals surface area (Å²) in [5.41, 5.74) is 2.54. The Kier molecular flexibility index (Phi) is 5.48. The second kappa shape index (κ2) is 7.97. The molecule has 6 nitrogen and oxygen atoms in total. The molecule has 2 heterocycles. The normalized spacial score (nSPS) is 14.5. The topological polar surface area (TPSA) is 53.5 Å². The van der Waals surface area contributed by atoms with Gasteiger partial charge in [0.15, 0.2) is 0 Å². The number of rotatable bonds is 6. The number of anilines is 3. The highest BCUT2D eigenvalue weighted by Gasteiger charge is 2.12. The summed E-state index contributed by atoms with van der Waals surface area (Å²) in [5.74, 6) is 1.84. The van der Waals surface area contributed by atoms with Gasteiger partial charge in [0, 0.05) is 45.5 Å². The van der Waals surface area contributed by atoms with Crippen molar-refractivity contribution in [2.75, 3.05) is 62.1 Å². The quantitative estimate of drug-likeness (QED) is 0.876. The summed E-state index contributed by atoms with van der Waals surface area (Å²) in [4.78, 5) is 13.0. The fraction of sp³-hybridized carbons (Fsp3) is 0.444. The molecule has 1 aliphatic rings. The van der Waals surface area contributed by atoms with E-state index in [0.717, 1.165) is 50.9 Å². The number of benzene rings is 1. The first-order valence-corrected chi connectivity index (χ1v) is 8.37. The molecule has 1 aromatic heterocycles. The van der Waals surface area contributed by atoms with E-state index in [-0.39, 0.29) is 0 Å². The Morgan fingerprint density at radius 2 is 1.88 bits per heavy atom. The van der Waals surface area contributed by atoms with E-state index in [9.17, 15) is 0 Å². The molecule has 2 aromatic rings. The van der Waals surface area contributed by atoms with Gasteiger partial charge in [0.05, 0.1) is 13.2 Å². The van der Waals surface area contributed by atoms with Gasteiger partial charge in [-0.25, -0.2) is 9.97 Å². The average molecular weight is 327 g/mol. The smallest absolute Gasteiger partial charge is 0.134 e. The number of hydrogen-bond acceptors (Lipinski definition) is 6. The van der Waals surface area contributed by atoms with Gasteiger partial charge in [-0.3, -0.25) is 0 Å². The van der Waals surface area contributed by atoms with Crippen LogP contribution in [0.1, 0.15) is 5.56 Å². The molecule has 1 aromatic carbocycles. The minimum atomic E-state index is 0.760. The van der Waals surface area contributed by atoms with Crippen LogP contribution in [0.2, 0.25) is 0 Å². The highest BCUT2D eigenvalue weighted by molar-refractivity contribution is 5.49. The van der Waals surface area contributed by atoms with Gasteiger partial charge in [-0.05, 0) is 24.1 Å². The third-order valence-corrected chi connectivity index (χ3v) is 4.16. The Labute approximate surface area is 143 Å². The molecule has 1 fully saturated rings. The SMILES string of the molecule is CN(C)c1ccc(CCNc2cc(N3CCOCC3)ncn2)cc1. The zero-order valence-corrected chi connectivity index (χ0v) is 14.4. The van der Waals surface area contributed by atoms with Crippen molar-refractivity contribution in [3.05, 3.63) is 42.2 Å². The highest BCUT2D eigenvalue weighted by Crippen LogP contribution is 2.16. The molecule has 0 bridgehead atoms. The first kappa shape index (κ1) is 16.5. The molecule has 128 valence electrons. The number of ether oxygens (including phenoxy) is 1. The van der Waals surface area contributed by atoms with E-state index in [1.54, 1.807) is 6.33 Å². The molecule has 0 saturated carbocycles. The molecule has 1 N–H and O–H groups in total. The standard InChI is InChI=1S/C18H25N5O/c1-22(2)16-5-3-15(4-6-16)7-8-19-17-13-18(21-14-20-17)23-9-11-24-12-10-23/h3-6,13-14H,7-12H2,1-2H3,(H,19,20,21). The van der Waals surface area contributed by atoms with Gasteiger partial charge in [-0.1, -0.05) is 12.1 Å². The Hall–Kier alpha value is -2.34. The second-order valence-electron chi connectivity index (χ2n) is 6.10. The van der Waals surface area contributed by atoms with Gasteiger partial charge >= 0.3 is 0 Å². The summed E-state index contributed by atoms with van der Waals surface area (Å²) in [6.45, 7) is 4.13. The molecule has 0 aliphatic carbocycles. The fourth-order valence-corrected chi connectivity index (χ4v) is 2.70. The molecule has 0 spiro atoms. The largest absolute Gasteiger partial charge is 0.378 e. The van der Waals surface area contributed by atoms with Crippen molar-refractivity contribution in [2.45, 2.75) is 6.42 Å². The van der Waals surface area contributed by atoms with Gasteiger partial charge < -0.3 is 19.9 Å². The lowest BCUT2D eigenvalue weighted by atomic mass is 10.1. The van der Waals surface area contributed by atoms with E-state index in [4.69, 9.17) is 4.74 Å². The zero-order valence-electron chi connectivity index (χ0n) is 14.4. The van der Waals surface area contributed by atoms with E-state index < -0.39 is 0 Å². The summed E-state index contributed by atoms with van der Waals surface area (Å²) < 4.78 is 5.38. The molecular weight excluding hydrogens is 302 g/mol. The third-order valence-electron chi connectivity index (χ3n) is 4.16. The van der Waals surface area contributed by atoms with E-state index >= 15 is 0 Å². The van der Waals surface area contributed by atoms with Crippen molar-refractivity contribution in [2.24, 2.45) is 0 Å². The summed E-state index contributed by atoms with van der Waals surface area (Å²) in [5, 5.41) is 3.39. The number of morpholine rings is 1.